The average molecular weight is 308 g/mol. The fourth-order valence-corrected chi connectivity index (χ4v) is 2.24. The summed E-state index contributed by atoms with van der Waals surface area (Å²) in [4.78, 5) is 1.79. The molecule has 0 aliphatic rings. The lowest BCUT2D eigenvalue weighted by Crippen LogP contribution is -2.30. The highest BCUT2D eigenvalue weighted by atomic mass is 35.5. The second-order valence-corrected chi connectivity index (χ2v) is 5.30. The van der Waals surface area contributed by atoms with Crippen LogP contribution in [0.2, 0.25) is 0 Å². The quantitative estimate of drug-likeness (QED) is 0.643. The lowest BCUT2D eigenvalue weighted by molar-refractivity contribution is -0.137. The van der Waals surface area contributed by atoms with Crippen LogP contribution in [0.5, 0.6) is 0 Å². The maximum Gasteiger partial charge on any atom is 0.418 e. The molecule has 0 N–H and O–H groups in total. The van der Waals surface area contributed by atoms with Gasteiger partial charge in [0.25, 0.3) is 0 Å². The van der Waals surface area contributed by atoms with Crippen LogP contribution < -0.4 is 4.90 Å². The Kier molecular flexibility index (Phi) is 6.18. The van der Waals surface area contributed by atoms with Gasteiger partial charge >= 0.3 is 6.18 Å². The summed E-state index contributed by atoms with van der Waals surface area (Å²) in [5, 5.41) is 0. The number of hydrogen-bond acceptors (Lipinski definition) is 1. The van der Waals surface area contributed by atoms with Crippen molar-refractivity contribution in [1.29, 1.82) is 0 Å². The minimum Gasteiger partial charge on any atom is -0.371 e. The van der Waals surface area contributed by atoms with Crippen LogP contribution in [-0.2, 0) is 12.1 Å². The van der Waals surface area contributed by atoms with Crippen LogP contribution >= 0.6 is 11.6 Å². The molecule has 0 saturated carbocycles. The van der Waals surface area contributed by atoms with Gasteiger partial charge in [-0.05, 0) is 30.5 Å². The van der Waals surface area contributed by atoms with Crippen molar-refractivity contribution in [2.75, 3.05) is 18.0 Å². The third-order valence-corrected chi connectivity index (χ3v) is 3.78. The molecular formula is C15H21ClF3N. The monoisotopic (exact) mass is 307 g/mol. The van der Waals surface area contributed by atoms with E-state index in [0.29, 0.717) is 24.6 Å². The Labute approximate surface area is 123 Å². The van der Waals surface area contributed by atoms with Crippen molar-refractivity contribution in [1.82, 2.24) is 0 Å². The van der Waals surface area contributed by atoms with E-state index in [4.69, 9.17) is 11.6 Å². The number of nitrogens with zero attached hydrogens (tertiary/aromatic N) is 1. The van der Waals surface area contributed by atoms with E-state index >= 15 is 0 Å². The molecule has 114 valence electrons. The first-order chi connectivity index (χ1) is 9.33. The summed E-state index contributed by atoms with van der Waals surface area (Å²) in [6, 6.07) is 4.35. The van der Waals surface area contributed by atoms with Gasteiger partial charge in [-0.25, -0.2) is 0 Å². The van der Waals surface area contributed by atoms with E-state index in [-0.39, 0.29) is 11.6 Å². The third kappa shape index (κ3) is 4.30. The van der Waals surface area contributed by atoms with Crippen LogP contribution in [0.3, 0.4) is 0 Å². The van der Waals surface area contributed by atoms with E-state index < -0.39 is 11.7 Å². The fraction of sp³-hybridized carbons (Fsp3) is 0.600. The highest BCUT2D eigenvalue weighted by Gasteiger charge is 2.35. The maximum absolute atomic E-state index is 13.2. The molecule has 0 radical (unpaired) electrons. The molecule has 0 aromatic heterocycles. The summed E-state index contributed by atoms with van der Waals surface area (Å²) < 4.78 is 39.6. The highest BCUT2D eigenvalue weighted by molar-refractivity contribution is 6.17. The SMILES string of the molecule is CCC(C)CN(CC)c1ccc(CCl)cc1C(F)(F)F. The highest BCUT2D eigenvalue weighted by Crippen LogP contribution is 2.37. The molecule has 1 unspecified atom stereocenters. The van der Waals surface area contributed by atoms with Gasteiger partial charge in [-0.3, -0.25) is 0 Å². The Hall–Kier alpha value is -0.900. The van der Waals surface area contributed by atoms with E-state index in [9.17, 15) is 13.2 Å². The first kappa shape index (κ1) is 17.2. The lowest BCUT2D eigenvalue weighted by Gasteiger charge is -2.29. The van der Waals surface area contributed by atoms with Crippen LogP contribution in [-0.4, -0.2) is 13.1 Å². The molecule has 0 heterocycles. The molecule has 20 heavy (non-hydrogen) atoms. The number of hydrogen-bond donors (Lipinski definition) is 0. The van der Waals surface area contributed by atoms with Crippen molar-refractivity contribution in [3.8, 4) is 0 Å². The molecule has 5 heteroatoms. The Balaban J connectivity index is 3.20. The van der Waals surface area contributed by atoms with Crippen LogP contribution in [0.25, 0.3) is 0 Å². The van der Waals surface area contributed by atoms with Crippen molar-refractivity contribution in [2.24, 2.45) is 5.92 Å². The molecule has 1 rings (SSSR count). The van der Waals surface area contributed by atoms with Gasteiger partial charge in [-0.1, -0.05) is 26.3 Å². The Morgan fingerprint density at radius 1 is 1.25 bits per heavy atom. The van der Waals surface area contributed by atoms with Gasteiger partial charge in [-0.2, -0.15) is 13.2 Å². The number of halogens is 4. The molecule has 1 aromatic carbocycles. The van der Waals surface area contributed by atoms with E-state index in [1.165, 1.54) is 6.07 Å². The predicted octanol–water partition coefficient (Wildman–Crippen LogP) is 5.32. The van der Waals surface area contributed by atoms with Gasteiger partial charge in [0.05, 0.1) is 5.56 Å². The van der Waals surface area contributed by atoms with Gasteiger partial charge in [0.1, 0.15) is 0 Å². The van der Waals surface area contributed by atoms with E-state index in [1.807, 2.05) is 20.8 Å². The van der Waals surface area contributed by atoms with Gasteiger partial charge < -0.3 is 4.90 Å². The van der Waals surface area contributed by atoms with Crippen LogP contribution in [0.15, 0.2) is 18.2 Å². The first-order valence-electron chi connectivity index (χ1n) is 6.84. The molecule has 1 atom stereocenters. The molecule has 0 aliphatic carbocycles. The van der Waals surface area contributed by atoms with Gasteiger partial charge in [-0.15, -0.1) is 11.6 Å². The second kappa shape index (κ2) is 7.21. The summed E-state index contributed by atoms with van der Waals surface area (Å²) in [6.07, 6.45) is -3.42. The number of alkyl halides is 4. The molecule has 0 saturated heterocycles. The maximum atomic E-state index is 13.2. The summed E-state index contributed by atoms with van der Waals surface area (Å²) >= 11 is 5.64. The Morgan fingerprint density at radius 2 is 1.90 bits per heavy atom. The number of anilines is 1. The minimum atomic E-state index is -4.36. The number of rotatable bonds is 6. The van der Waals surface area contributed by atoms with Crippen molar-refractivity contribution in [2.45, 2.75) is 39.2 Å². The molecular weight excluding hydrogens is 287 g/mol. The number of benzene rings is 1. The Morgan fingerprint density at radius 3 is 2.35 bits per heavy atom. The second-order valence-electron chi connectivity index (χ2n) is 5.03. The molecule has 0 spiro atoms. The Bertz CT molecular complexity index is 432. The molecule has 1 aromatic rings. The zero-order valence-corrected chi connectivity index (χ0v) is 12.9. The van der Waals surface area contributed by atoms with Gasteiger partial charge in [0, 0.05) is 24.7 Å². The van der Waals surface area contributed by atoms with Crippen LogP contribution in [0.1, 0.15) is 38.3 Å². The average Bonchev–Trinajstić information content (AvgIpc) is 2.42. The smallest absolute Gasteiger partial charge is 0.371 e. The van der Waals surface area contributed by atoms with Gasteiger partial charge in [0.15, 0.2) is 0 Å². The van der Waals surface area contributed by atoms with Crippen LogP contribution in [0.4, 0.5) is 18.9 Å². The summed E-state index contributed by atoms with van der Waals surface area (Å²) in [5.41, 5.74) is 0.136. The fourth-order valence-electron chi connectivity index (χ4n) is 2.07. The summed E-state index contributed by atoms with van der Waals surface area (Å²) in [7, 11) is 0. The van der Waals surface area contributed by atoms with Crippen LogP contribution in [0, 0.1) is 5.92 Å². The minimum absolute atomic E-state index is 0.0842. The topological polar surface area (TPSA) is 3.24 Å². The molecule has 0 fully saturated rings. The third-order valence-electron chi connectivity index (χ3n) is 3.47. The largest absolute Gasteiger partial charge is 0.418 e. The summed E-state index contributed by atoms with van der Waals surface area (Å²) in [6.45, 7) is 7.13. The summed E-state index contributed by atoms with van der Waals surface area (Å²) in [5.74, 6) is 0.435. The van der Waals surface area contributed by atoms with Crippen molar-refractivity contribution in [3.05, 3.63) is 29.3 Å². The molecule has 0 aliphatic heterocycles. The molecule has 0 bridgehead atoms. The predicted molar refractivity (Wildman–Crippen MR) is 78.3 cm³/mol. The van der Waals surface area contributed by atoms with E-state index in [0.717, 1.165) is 12.5 Å². The molecule has 1 nitrogen and oxygen atoms in total. The first-order valence-corrected chi connectivity index (χ1v) is 7.37. The lowest BCUT2D eigenvalue weighted by atomic mass is 10.0. The van der Waals surface area contributed by atoms with Crippen molar-refractivity contribution >= 4 is 17.3 Å². The van der Waals surface area contributed by atoms with E-state index in [1.54, 1.807) is 11.0 Å². The molecule has 0 amide bonds. The van der Waals surface area contributed by atoms with Gasteiger partial charge in [0.2, 0.25) is 0 Å². The van der Waals surface area contributed by atoms with E-state index in [2.05, 4.69) is 0 Å². The normalized spacial score (nSPS) is 13.3. The zero-order chi connectivity index (χ0) is 15.3. The van der Waals surface area contributed by atoms with Crippen molar-refractivity contribution < 1.29 is 13.2 Å². The zero-order valence-electron chi connectivity index (χ0n) is 12.1. The standard InChI is InChI=1S/C15H21ClF3N/c1-4-11(3)10-20(5-2)14-7-6-12(9-16)8-13(14)15(17,18)19/h6-8,11H,4-5,9-10H2,1-3H3. The van der Waals surface area contributed by atoms with Crippen molar-refractivity contribution in [3.63, 3.8) is 0 Å².